The van der Waals surface area contributed by atoms with Crippen LogP contribution in [0.4, 0.5) is 0 Å². The van der Waals surface area contributed by atoms with Crippen molar-refractivity contribution in [2.75, 3.05) is 21.3 Å². The third-order valence-electron chi connectivity index (χ3n) is 4.22. The van der Waals surface area contributed by atoms with Crippen molar-refractivity contribution in [3.63, 3.8) is 0 Å². The lowest BCUT2D eigenvalue weighted by molar-refractivity contribution is -0.644. The van der Waals surface area contributed by atoms with Gasteiger partial charge in [0.2, 0.25) is 11.3 Å². The Balaban J connectivity index is 2.04. The van der Waals surface area contributed by atoms with Gasteiger partial charge < -0.3 is 14.2 Å². The van der Waals surface area contributed by atoms with E-state index in [0.717, 1.165) is 11.1 Å². The molecule has 0 bridgehead atoms. The van der Waals surface area contributed by atoms with Crippen LogP contribution in [-0.4, -0.2) is 21.3 Å². The van der Waals surface area contributed by atoms with E-state index in [1.54, 1.807) is 21.3 Å². The van der Waals surface area contributed by atoms with E-state index in [9.17, 15) is 0 Å². The molecule has 0 N–H and O–H groups in total. The Morgan fingerprint density at radius 2 is 1.52 bits per heavy atom. The van der Waals surface area contributed by atoms with Gasteiger partial charge in [0, 0.05) is 12.1 Å². The molecule has 1 heterocycles. The Hall–Kier alpha value is -3.01. The highest BCUT2D eigenvalue weighted by Crippen LogP contribution is 2.38. The van der Waals surface area contributed by atoms with Gasteiger partial charge in [0.1, 0.15) is 7.05 Å². The predicted molar refractivity (Wildman–Crippen MR) is 100 cm³/mol. The molecule has 1 aromatic heterocycles. The van der Waals surface area contributed by atoms with Gasteiger partial charge in [-0.2, -0.15) is 0 Å². The number of hydrogen-bond acceptors (Lipinski definition) is 3. The smallest absolute Gasteiger partial charge is 0.212 e. The van der Waals surface area contributed by atoms with E-state index in [0.29, 0.717) is 17.2 Å². The van der Waals surface area contributed by atoms with Gasteiger partial charge in [0.25, 0.3) is 0 Å². The number of hydrogen-bond donors (Lipinski definition) is 0. The molecule has 0 saturated heterocycles. The maximum Gasteiger partial charge on any atom is 0.212 e. The summed E-state index contributed by atoms with van der Waals surface area (Å²) in [6, 6.07) is 14.3. The monoisotopic (exact) mass is 336 g/mol. The second kappa shape index (κ2) is 7.26. The third-order valence-corrected chi connectivity index (χ3v) is 4.22. The number of ether oxygens (including phenoxy) is 3. The number of aromatic nitrogens is 1. The van der Waals surface area contributed by atoms with Crippen LogP contribution >= 0.6 is 0 Å². The molecular formula is C21H22NO3+. The standard InChI is InChI=1S/C21H22NO3/c1-22-12-11-16(17-7-5-6-8-18(17)22)10-9-15-13-19(23-2)21(25-4)20(14-15)24-3/h5-14H,1-4H3/q+1/b10-9+. The topological polar surface area (TPSA) is 31.6 Å². The lowest BCUT2D eigenvalue weighted by Crippen LogP contribution is -2.28. The van der Waals surface area contributed by atoms with E-state index in [1.807, 2.05) is 18.2 Å². The lowest BCUT2D eigenvalue weighted by atomic mass is 10.1. The number of fused-ring (bicyclic) bond motifs is 1. The normalized spacial score (nSPS) is 11.0. The van der Waals surface area contributed by atoms with E-state index >= 15 is 0 Å². The van der Waals surface area contributed by atoms with E-state index in [1.165, 1.54) is 10.9 Å². The number of aryl methyl sites for hydroxylation is 1. The SMILES string of the molecule is COc1cc(/C=C/c2cc[n+](C)c3ccccc23)cc(OC)c1OC. The van der Waals surface area contributed by atoms with Crippen molar-refractivity contribution in [3.05, 3.63) is 59.8 Å². The van der Waals surface area contributed by atoms with Crippen LogP contribution in [0.1, 0.15) is 11.1 Å². The Bertz CT molecular complexity index is 907. The third kappa shape index (κ3) is 3.29. The molecule has 0 aliphatic carbocycles. The molecule has 0 spiro atoms. The number of benzene rings is 2. The largest absolute Gasteiger partial charge is 0.493 e. The number of nitrogens with zero attached hydrogens (tertiary/aromatic N) is 1. The van der Waals surface area contributed by atoms with Gasteiger partial charge in [0.15, 0.2) is 17.7 Å². The molecule has 3 rings (SSSR count). The van der Waals surface area contributed by atoms with Crippen molar-refractivity contribution in [1.29, 1.82) is 0 Å². The van der Waals surface area contributed by atoms with Crippen molar-refractivity contribution in [2.24, 2.45) is 7.05 Å². The van der Waals surface area contributed by atoms with Crippen LogP contribution in [0, 0.1) is 0 Å². The second-order valence-corrected chi connectivity index (χ2v) is 5.69. The molecule has 2 aromatic carbocycles. The molecule has 0 saturated carbocycles. The van der Waals surface area contributed by atoms with Crippen molar-refractivity contribution in [2.45, 2.75) is 0 Å². The molecule has 4 heteroatoms. The van der Waals surface area contributed by atoms with Crippen molar-refractivity contribution in [3.8, 4) is 17.2 Å². The maximum atomic E-state index is 5.42. The first-order chi connectivity index (χ1) is 12.2. The van der Waals surface area contributed by atoms with Gasteiger partial charge in [-0.3, -0.25) is 0 Å². The number of para-hydroxylation sites is 1. The van der Waals surface area contributed by atoms with Gasteiger partial charge in [-0.05, 0) is 29.3 Å². The minimum Gasteiger partial charge on any atom is -0.493 e. The molecule has 0 aliphatic rings. The first kappa shape index (κ1) is 16.8. The summed E-state index contributed by atoms with van der Waals surface area (Å²) in [5.74, 6) is 1.89. The summed E-state index contributed by atoms with van der Waals surface area (Å²) in [6.07, 6.45) is 6.21. The molecule has 128 valence electrons. The van der Waals surface area contributed by atoms with E-state index in [2.05, 4.69) is 54.2 Å². The highest BCUT2D eigenvalue weighted by atomic mass is 16.5. The highest BCUT2D eigenvalue weighted by Gasteiger charge is 2.12. The average Bonchev–Trinajstić information content (AvgIpc) is 2.66. The molecule has 0 unspecified atom stereocenters. The van der Waals surface area contributed by atoms with Crippen molar-refractivity contribution >= 4 is 23.1 Å². The second-order valence-electron chi connectivity index (χ2n) is 5.69. The zero-order chi connectivity index (χ0) is 17.8. The molecule has 0 fully saturated rings. The van der Waals surface area contributed by atoms with Crippen LogP contribution in [-0.2, 0) is 7.05 Å². The number of pyridine rings is 1. The van der Waals surface area contributed by atoms with E-state index in [4.69, 9.17) is 14.2 Å². The molecule has 4 nitrogen and oxygen atoms in total. The number of methoxy groups -OCH3 is 3. The van der Waals surface area contributed by atoms with Crippen molar-refractivity contribution in [1.82, 2.24) is 0 Å². The fraction of sp³-hybridized carbons (Fsp3) is 0.190. The van der Waals surface area contributed by atoms with Crippen LogP contribution in [0.25, 0.3) is 23.1 Å². The van der Waals surface area contributed by atoms with Crippen LogP contribution in [0.2, 0.25) is 0 Å². The Morgan fingerprint density at radius 1 is 0.840 bits per heavy atom. The summed E-state index contributed by atoms with van der Waals surface area (Å²) >= 11 is 0. The first-order valence-corrected chi connectivity index (χ1v) is 8.03. The fourth-order valence-corrected chi connectivity index (χ4v) is 2.92. The Morgan fingerprint density at radius 3 is 2.16 bits per heavy atom. The zero-order valence-corrected chi connectivity index (χ0v) is 14.9. The minimum absolute atomic E-state index is 0.597. The van der Waals surface area contributed by atoms with E-state index < -0.39 is 0 Å². The van der Waals surface area contributed by atoms with Crippen molar-refractivity contribution < 1.29 is 18.8 Å². The first-order valence-electron chi connectivity index (χ1n) is 8.03. The van der Waals surface area contributed by atoms with Crippen LogP contribution < -0.4 is 18.8 Å². The van der Waals surface area contributed by atoms with Crippen LogP contribution in [0.3, 0.4) is 0 Å². The molecule has 0 atom stereocenters. The van der Waals surface area contributed by atoms with Gasteiger partial charge >= 0.3 is 0 Å². The summed E-state index contributed by atoms with van der Waals surface area (Å²) in [6.45, 7) is 0. The number of rotatable bonds is 5. The van der Waals surface area contributed by atoms with Gasteiger partial charge in [-0.15, -0.1) is 0 Å². The predicted octanol–water partition coefficient (Wildman–Crippen LogP) is 3.86. The Labute approximate surface area is 147 Å². The minimum atomic E-state index is 0.597. The lowest BCUT2D eigenvalue weighted by Gasteiger charge is -2.12. The molecule has 0 radical (unpaired) electrons. The average molecular weight is 336 g/mol. The summed E-state index contributed by atoms with van der Waals surface area (Å²) in [7, 11) is 6.89. The summed E-state index contributed by atoms with van der Waals surface area (Å²) < 4.78 is 18.3. The highest BCUT2D eigenvalue weighted by molar-refractivity contribution is 5.88. The van der Waals surface area contributed by atoms with Crippen LogP contribution in [0.15, 0.2) is 48.7 Å². The van der Waals surface area contributed by atoms with Gasteiger partial charge in [-0.25, -0.2) is 4.57 Å². The van der Waals surface area contributed by atoms with Gasteiger partial charge in [-0.1, -0.05) is 24.3 Å². The van der Waals surface area contributed by atoms with E-state index in [-0.39, 0.29) is 0 Å². The zero-order valence-electron chi connectivity index (χ0n) is 14.9. The van der Waals surface area contributed by atoms with Crippen LogP contribution in [0.5, 0.6) is 17.2 Å². The fourth-order valence-electron chi connectivity index (χ4n) is 2.92. The summed E-state index contributed by atoms with van der Waals surface area (Å²) in [5.41, 5.74) is 3.32. The maximum absolute atomic E-state index is 5.42. The van der Waals surface area contributed by atoms with Gasteiger partial charge in [0.05, 0.1) is 26.7 Å². The quantitative estimate of drug-likeness (QED) is 0.663. The molecule has 0 aliphatic heterocycles. The molecule has 0 amide bonds. The Kier molecular flexibility index (Phi) is 4.89. The molecular weight excluding hydrogens is 314 g/mol. The summed E-state index contributed by atoms with van der Waals surface area (Å²) in [5, 5.41) is 1.20. The summed E-state index contributed by atoms with van der Waals surface area (Å²) in [4.78, 5) is 0. The molecule has 25 heavy (non-hydrogen) atoms. The molecule has 3 aromatic rings.